The van der Waals surface area contributed by atoms with Gasteiger partial charge < -0.3 is 10.0 Å². The van der Waals surface area contributed by atoms with E-state index >= 15 is 0 Å². The van der Waals surface area contributed by atoms with Gasteiger partial charge in [-0.05, 0) is 12.1 Å². The van der Waals surface area contributed by atoms with Gasteiger partial charge in [0.05, 0.1) is 11.5 Å². The van der Waals surface area contributed by atoms with E-state index in [4.69, 9.17) is 5.11 Å². The summed E-state index contributed by atoms with van der Waals surface area (Å²) in [5.74, 6) is -0.821. The molecule has 1 amide bonds. The normalized spacial score (nSPS) is 14.9. The topological polar surface area (TPSA) is 88.3 Å². The SMILES string of the molecule is O=C(O)C1CN(C(=O)c2ccc(-n3ccnc3)nc2)C1. The Labute approximate surface area is 114 Å². The number of carbonyl (C=O) groups excluding carboxylic acids is 1. The molecule has 1 aliphatic heterocycles. The second-order valence-electron chi connectivity index (χ2n) is 4.62. The van der Waals surface area contributed by atoms with Crippen LogP contribution in [0.15, 0.2) is 37.1 Å². The van der Waals surface area contributed by atoms with Crippen molar-refractivity contribution in [3.8, 4) is 5.82 Å². The van der Waals surface area contributed by atoms with Gasteiger partial charge in [0.15, 0.2) is 0 Å². The Balaban J connectivity index is 1.69. The molecule has 0 saturated carbocycles. The van der Waals surface area contributed by atoms with Crippen LogP contribution in [0.4, 0.5) is 0 Å². The number of nitrogens with zero attached hydrogens (tertiary/aromatic N) is 4. The number of imidazole rings is 1. The maximum absolute atomic E-state index is 12.1. The lowest BCUT2D eigenvalue weighted by Gasteiger charge is -2.36. The van der Waals surface area contributed by atoms with Gasteiger partial charge in [0.2, 0.25) is 0 Å². The van der Waals surface area contributed by atoms with E-state index in [1.165, 1.54) is 11.1 Å². The monoisotopic (exact) mass is 272 g/mol. The van der Waals surface area contributed by atoms with Gasteiger partial charge in [-0.25, -0.2) is 9.97 Å². The Bertz CT molecular complexity index is 630. The highest BCUT2D eigenvalue weighted by Gasteiger charge is 2.35. The number of carboxylic acids is 1. The highest BCUT2D eigenvalue weighted by atomic mass is 16.4. The van der Waals surface area contributed by atoms with Gasteiger partial charge in [-0.2, -0.15) is 0 Å². The van der Waals surface area contributed by atoms with E-state index in [9.17, 15) is 9.59 Å². The van der Waals surface area contributed by atoms with Crippen LogP contribution in [0.25, 0.3) is 5.82 Å². The zero-order valence-corrected chi connectivity index (χ0v) is 10.5. The summed E-state index contributed by atoms with van der Waals surface area (Å²) in [6, 6.07) is 3.40. The van der Waals surface area contributed by atoms with Crippen molar-refractivity contribution < 1.29 is 14.7 Å². The molecule has 7 heteroatoms. The summed E-state index contributed by atoms with van der Waals surface area (Å²) in [4.78, 5) is 32.4. The molecule has 0 aromatic carbocycles. The molecule has 0 unspecified atom stereocenters. The maximum atomic E-state index is 12.1. The smallest absolute Gasteiger partial charge is 0.310 e. The number of aromatic nitrogens is 3. The Morgan fingerprint density at radius 3 is 2.65 bits per heavy atom. The minimum atomic E-state index is -0.859. The van der Waals surface area contributed by atoms with Crippen molar-refractivity contribution >= 4 is 11.9 Å². The molecule has 0 spiro atoms. The first-order valence-electron chi connectivity index (χ1n) is 6.11. The molecule has 2 aromatic heterocycles. The number of pyridine rings is 1. The Morgan fingerprint density at radius 1 is 1.30 bits per heavy atom. The molecular formula is C13H12N4O3. The van der Waals surface area contributed by atoms with Gasteiger partial charge in [0, 0.05) is 31.7 Å². The number of amides is 1. The Hall–Kier alpha value is -2.70. The van der Waals surface area contributed by atoms with Crippen LogP contribution in [0.3, 0.4) is 0 Å². The number of aliphatic carboxylic acids is 1. The largest absolute Gasteiger partial charge is 0.481 e. The van der Waals surface area contributed by atoms with Crippen molar-refractivity contribution in [2.75, 3.05) is 13.1 Å². The van der Waals surface area contributed by atoms with E-state index in [0.29, 0.717) is 11.4 Å². The number of carboxylic acid groups (broad SMARTS) is 1. The number of carbonyl (C=O) groups is 2. The lowest BCUT2D eigenvalue weighted by molar-refractivity contribution is -0.146. The van der Waals surface area contributed by atoms with Crippen LogP contribution in [0.2, 0.25) is 0 Å². The minimum absolute atomic E-state index is 0.188. The molecule has 20 heavy (non-hydrogen) atoms. The highest BCUT2D eigenvalue weighted by Crippen LogP contribution is 2.18. The van der Waals surface area contributed by atoms with Crippen LogP contribution in [-0.2, 0) is 4.79 Å². The number of likely N-dealkylation sites (tertiary alicyclic amines) is 1. The average Bonchev–Trinajstić information content (AvgIpc) is 2.90. The summed E-state index contributed by atoms with van der Waals surface area (Å²) in [6.45, 7) is 0.523. The predicted molar refractivity (Wildman–Crippen MR) is 68.4 cm³/mol. The van der Waals surface area contributed by atoms with Gasteiger partial charge in [0.25, 0.3) is 5.91 Å². The van der Waals surface area contributed by atoms with Gasteiger partial charge in [0.1, 0.15) is 12.1 Å². The molecule has 0 radical (unpaired) electrons. The molecular weight excluding hydrogens is 260 g/mol. The van der Waals surface area contributed by atoms with Crippen LogP contribution in [0.5, 0.6) is 0 Å². The lowest BCUT2D eigenvalue weighted by atomic mass is 9.99. The molecule has 1 aliphatic rings. The first kappa shape index (κ1) is 12.3. The summed E-state index contributed by atoms with van der Waals surface area (Å²) in [6.07, 6.45) is 6.52. The molecule has 0 atom stereocenters. The van der Waals surface area contributed by atoms with Crippen molar-refractivity contribution in [3.05, 3.63) is 42.6 Å². The van der Waals surface area contributed by atoms with Crippen molar-refractivity contribution in [2.24, 2.45) is 5.92 Å². The van der Waals surface area contributed by atoms with E-state index in [1.54, 1.807) is 35.4 Å². The second-order valence-corrected chi connectivity index (χ2v) is 4.62. The van der Waals surface area contributed by atoms with E-state index in [-0.39, 0.29) is 19.0 Å². The summed E-state index contributed by atoms with van der Waals surface area (Å²) < 4.78 is 1.73. The average molecular weight is 272 g/mol. The van der Waals surface area contributed by atoms with Gasteiger partial charge in [-0.3, -0.25) is 14.2 Å². The molecule has 0 bridgehead atoms. The third kappa shape index (κ3) is 2.13. The fourth-order valence-corrected chi connectivity index (χ4v) is 2.04. The molecule has 1 saturated heterocycles. The first-order chi connectivity index (χ1) is 9.65. The lowest BCUT2D eigenvalue weighted by Crippen LogP contribution is -2.53. The fraction of sp³-hybridized carbons (Fsp3) is 0.231. The predicted octanol–water partition coefficient (Wildman–Crippen LogP) is 0.424. The zero-order chi connectivity index (χ0) is 14.1. The molecule has 0 aliphatic carbocycles. The molecule has 3 rings (SSSR count). The molecule has 7 nitrogen and oxygen atoms in total. The summed E-state index contributed by atoms with van der Waals surface area (Å²) in [7, 11) is 0. The Morgan fingerprint density at radius 2 is 2.10 bits per heavy atom. The van der Waals surface area contributed by atoms with Crippen LogP contribution in [0.1, 0.15) is 10.4 Å². The Kier molecular flexibility index (Phi) is 2.94. The van der Waals surface area contributed by atoms with Crippen LogP contribution in [0, 0.1) is 5.92 Å². The molecule has 1 fully saturated rings. The number of hydrogen-bond donors (Lipinski definition) is 1. The maximum Gasteiger partial charge on any atom is 0.310 e. The third-order valence-electron chi connectivity index (χ3n) is 3.28. The van der Waals surface area contributed by atoms with Crippen LogP contribution in [-0.4, -0.2) is 49.5 Å². The third-order valence-corrected chi connectivity index (χ3v) is 3.28. The summed E-state index contributed by atoms with van der Waals surface area (Å²) >= 11 is 0. The zero-order valence-electron chi connectivity index (χ0n) is 10.5. The van der Waals surface area contributed by atoms with E-state index < -0.39 is 11.9 Å². The van der Waals surface area contributed by atoms with Crippen molar-refractivity contribution in [1.82, 2.24) is 19.4 Å². The van der Waals surface area contributed by atoms with Crippen molar-refractivity contribution in [2.45, 2.75) is 0 Å². The molecule has 2 aromatic rings. The van der Waals surface area contributed by atoms with Gasteiger partial charge in [-0.1, -0.05) is 0 Å². The van der Waals surface area contributed by atoms with E-state index in [0.717, 1.165) is 0 Å². The van der Waals surface area contributed by atoms with Crippen molar-refractivity contribution in [3.63, 3.8) is 0 Å². The van der Waals surface area contributed by atoms with E-state index in [2.05, 4.69) is 9.97 Å². The summed E-state index contributed by atoms with van der Waals surface area (Å²) in [5.41, 5.74) is 0.456. The van der Waals surface area contributed by atoms with Gasteiger partial charge >= 0.3 is 5.97 Å². The highest BCUT2D eigenvalue weighted by molar-refractivity contribution is 5.95. The van der Waals surface area contributed by atoms with E-state index in [1.807, 2.05) is 0 Å². The van der Waals surface area contributed by atoms with Crippen LogP contribution >= 0.6 is 0 Å². The molecule has 3 heterocycles. The standard InChI is InChI=1S/C13H12N4O3/c18-12(17-6-10(7-17)13(19)20)9-1-2-11(15-5-9)16-4-3-14-8-16/h1-5,8,10H,6-7H2,(H,19,20). The molecule has 1 N–H and O–H groups in total. The van der Waals surface area contributed by atoms with Crippen LogP contribution < -0.4 is 0 Å². The fourth-order valence-electron chi connectivity index (χ4n) is 2.04. The van der Waals surface area contributed by atoms with Crippen molar-refractivity contribution in [1.29, 1.82) is 0 Å². The minimum Gasteiger partial charge on any atom is -0.481 e. The number of hydrogen-bond acceptors (Lipinski definition) is 4. The summed E-state index contributed by atoms with van der Waals surface area (Å²) in [5, 5.41) is 8.79. The van der Waals surface area contributed by atoms with Gasteiger partial charge in [-0.15, -0.1) is 0 Å². The quantitative estimate of drug-likeness (QED) is 0.875. The second kappa shape index (κ2) is 4.76. The number of rotatable bonds is 3. The molecule has 102 valence electrons. The first-order valence-corrected chi connectivity index (χ1v) is 6.11.